The fraction of sp³-hybridized carbons (Fsp3) is 0.900. The molecular weight excluding hydrogens is 168 g/mol. The van der Waals surface area contributed by atoms with Gasteiger partial charge in [-0.1, -0.05) is 13.3 Å². The molecule has 0 saturated carbocycles. The maximum Gasteiger partial charge on any atom is 0.180 e. The average Bonchev–Trinajstić information content (AvgIpc) is 2.13. The fourth-order valence-electron chi connectivity index (χ4n) is 0.864. The molecule has 0 N–H and O–H groups in total. The molecule has 0 spiro atoms. The Labute approximate surface area is 81.4 Å². The monoisotopic (exact) mass is 189 g/mol. The van der Waals surface area contributed by atoms with E-state index in [9.17, 15) is 0 Å². The lowest BCUT2D eigenvalue weighted by atomic mass is 10.4. The smallest absolute Gasteiger partial charge is 0.180 e. The molecule has 0 heterocycles. The van der Waals surface area contributed by atoms with E-state index in [2.05, 4.69) is 6.92 Å². The van der Waals surface area contributed by atoms with E-state index in [1.165, 1.54) is 0 Å². The van der Waals surface area contributed by atoms with Gasteiger partial charge < -0.3 is 14.2 Å². The van der Waals surface area contributed by atoms with Gasteiger partial charge in [-0.3, -0.25) is 0 Å². The van der Waals surface area contributed by atoms with Gasteiger partial charge in [-0.15, -0.1) is 0 Å². The molecule has 13 heavy (non-hydrogen) atoms. The van der Waals surface area contributed by atoms with Crippen molar-refractivity contribution in [1.29, 1.82) is 0 Å². The number of rotatable bonds is 9. The van der Waals surface area contributed by atoms with Gasteiger partial charge in [-0.2, -0.15) is 0 Å². The summed E-state index contributed by atoms with van der Waals surface area (Å²) < 4.78 is 15.9. The van der Waals surface area contributed by atoms with Crippen molar-refractivity contribution in [3.05, 3.63) is 6.61 Å². The largest absolute Gasteiger partial charge is 0.370 e. The highest BCUT2D eigenvalue weighted by Crippen LogP contribution is 2.00. The van der Waals surface area contributed by atoms with E-state index in [0.717, 1.165) is 12.8 Å². The zero-order valence-electron chi connectivity index (χ0n) is 8.91. The van der Waals surface area contributed by atoms with Crippen molar-refractivity contribution >= 4 is 0 Å². The van der Waals surface area contributed by atoms with Gasteiger partial charge in [0.25, 0.3) is 0 Å². The van der Waals surface area contributed by atoms with Crippen LogP contribution in [0.5, 0.6) is 0 Å². The summed E-state index contributed by atoms with van der Waals surface area (Å²) in [5.74, 6) is 0. The van der Waals surface area contributed by atoms with Crippen LogP contribution >= 0.6 is 0 Å². The van der Waals surface area contributed by atoms with Gasteiger partial charge in [0.1, 0.15) is 0 Å². The van der Waals surface area contributed by atoms with Crippen LogP contribution in [0.2, 0.25) is 0 Å². The van der Waals surface area contributed by atoms with Crippen LogP contribution in [0.4, 0.5) is 0 Å². The minimum atomic E-state index is -0.219. The van der Waals surface area contributed by atoms with Gasteiger partial charge in [0, 0.05) is 13.2 Å². The molecule has 0 saturated heterocycles. The molecule has 3 nitrogen and oxygen atoms in total. The second-order valence-electron chi connectivity index (χ2n) is 2.63. The van der Waals surface area contributed by atoms with Crippen LogP contribution in [0, 0.1) is 6.61 Å². The van der Waals surface area contributed by atoms with Crippen LogP contribution in [-0.2, 0) is 14.2 Å². The minimum absolute atomic E-state index is 0.219. The summed E-state index contributed by atoms with van der Waals surface area (Å²) >= 11 is 0. The number of unbranched alkanes of at least 4 members (excludes halogenated alkanes) is 1. The Morgan fingerprint density at radius 3 is 2.15 bits per heavy atom. The zero-order chi connectivity index (χ0) is 9.94. The van der Waals surface area contributed by atoms with Crippen molar-refractivity contribution in [1.82, 2.24) is 0 Å². The fourth-order valence-corrected chi connectivity index (χ4v) is 0.864. The molecule has 0 aromatic heterocycles. The lowest BCUT2D eigenvalue weighted by Gasteiger charge is -2.16. The maximum absolute atomic E-state index is 5.30. The van der Waals surface area contributed by atoms with E-state index >= 15 is 0 Å². The number of hydrogen-bond donors (Lipinski definition) is 0. The Balaban J connectivity index is 3.33. The molecule has 0 unspecified atom stereocenters. The van der Waals surface area contributed by atoms with E-state index < -0.39 is 0 Å². The van der Waals surface area contributed by atoms with E-state index in [1.807, 2.05) is 20.5 Å². The molecule has 1 radical (unpaired) electrons. The van der Waals surface area contributed by atoms with Crippen molar-refractivity contribution in [2.75, 3.05) is 19.8 Å². The van der Waals surface area contributed by atoms with Crippen LogP contribution < -0.4 is 0 Å². The zero-order valence-corrected chi connectivity index (χ0v) is 8.91. The van der Waals surface area contributed by atoms with Gasteiger partial charge in [0.2, 0.25) is 0 Å². The lowest BCUT2D eigenvalue weighted by Crippen LogP contribution is -2.23. The first-order valence-corrected chi connectivity index (χ1v) is 5.01. The summed E-state index contributed by atoms with van der Waals surface area (Å²) in [5, 5.41) is 0. The lowest BCUT2D eigenvalue weighted by molar-refractivity contribution is -0.161. The predicted octanol–water partition coefficient (Wildman–Crippen LogP) is 2.36. The molecule has 0 aliphatic rings. The van der Waals surface area contributed by atoms with Crippen molar-refractivity contribution in [2.45, 2.75) is 39.9 Å². The normalized spacial score (nSPS) is 11.1. The van der Waals surface area contributed by atoms with E-state index in [4.69, 9.17) is 14.2 Å². The molecular formula is C10H21O3. The summed E-state index contributed by atoms with van der Waals surface area (Å²) in [6.07, 6.45) is 1.86. The maximum atomic E-state index is 5.30. The van der Waals surface area contributed by atoms with Crippen LogP contribution in [-0.4, -0.2) is 26.1 Å². The molecule has 0 rings (SSSR count). The third kappa shape index (κ3) is 8.22. The summed E-state index contributed by atoms with van der Waals surface area (Å²) in [7, 11) is 0. The molecule has 0 amide bonds. The highest BCUT2D eigenvalue weighted by Gasteiger charge is 2.06. The van der Waals surface area contributed by atoms with Gasteiger partial charge in [-0.05, 0) is 20.3 Å². The first kappa shape index (κ1) is 12.9. The highest BCUT2D eigenvalue weighted by molar-refractivity contribution is 4.50. The molecule has 79 valence electrons. The standard InChI is InChI=1S/C10H21O3/c1-4-7-8-11-9-10(12-5-2)13-6-3/h8,10H,4-7,9H2,1-3H3. The molecule has 0 bridgehead atoms. The molecule has 3 heteroatoms. The number of hydrogen-bond acceptors (Lipinski definition) is 3. The van der Waals surface area contributed by atoms with Gasteiger partial charge >= 0.3 is 0 Å². The molecule has 0 aromatic rings. The van der Waals surface area contributed by atoms with Crippen LogP contribution in [0.1, 0.15) is 33.6 Å². The topological polar surface area (TPSA) is 27.7 Å². The minimum Gasteiger partial charge on any atom is -0.370 e. The van der Waals surface area contributed by atoms with E-state index in [-0.39, 0.29) is 6.29 Å². The van der Waals surface area contributed by atoms with E-state index in [0.29, 0.717) is 19.8 Å². The Kier molecular flexibility index (Phi) is 9.87. The second-order valence-corrected chi connectivity index (χ2v) is 2.63. The van der Waals surface area contributed by atoms with Crippen molar-refractivity contribution in [2.24, 2.45) is 0 Å². The SMILES string of the molecule is CCC[CH]OCC(OCC)OCC. The van der Waals surface area contributed by atoms with Crippen LogP contribution in [0.15, 0.2) is 0 Å². The van der Waals surface area contributed by atoms with Gasteiger partial charge in [0.05, 0.1) is 13.2 Å². The highest BCUT2D eigenvalue weighted by atomic mass is 16.7. The quantitative estimate of drug-likeness (QED) is 0.411. The summed E-state index contributed by atoms with van der Waals surface area (Å²) in [6, 6.07) is 0. The van der Waals surface area contributed by atoms with Gasteiger partial charge in [0.15, 0.2) is 6.29 Å². The molecule has 0 aromatic carbocycles. The molecule has 0 atom stereocenters. The Hall–Kier alpha value is -0.120. The van der Waals surface area contributed by atoms with Crippen molar-refractivity contribution in [3.63, 3.8) is 0 Å². The number of ether oxygens (including phenoxy) is 3. The third-order valence-corrected chi connectivity index (χ3v) is 1.46. The Morgan fingerprint density at radius 1 is 1.08 bits per heavy atom. The first-order valence-electron chi connectivity index (χ1n) is 5.01. The Morgan fingerprint density at radius 2 is 1.69 bits per heavy atom. The van der Waals surface area contributed by atoms with Crippen LogP contribution in [0.25, 0.3) is 0 Å². The molecule has 0 fully saturated rings. The van der Waals surface area contributed by atoms with E-state index in [1.54, 1.807) is 0 Å². The second kappa shape index (κ2) is 9.96. The summed E-state index contributed by atoms with van der Waals surface area (Å²) in [6.45, 7) is 9.61. The third-order valence-electron chi connectivity index (χ3n) is 1.46. The summed E-state index contributed by atoms with van der Waals surface area (Å²) in [4.78, 5) is 0. The van der Waals surface area contributed by atoms with Gasteiger partial charge in [-0.25, -0.2) is 0 Å². The summed E-state index contributed by atoms with van der Waals surface area (Å²) in [5.41, 5.74) is 0. The molecule has 0 aliphatic carbocycles. The first-order chi connectivity index (χ1) is 6.35. The van der Waals surface area contributed by atoms with Crippen LogP contribution in [0.3, 0.4) is 0 Å². The Bertz CT molecular complexity index is 90.2. The molecule has 0 aliphatic heterocycles. The van der Waals surface area contributed by atoms with Crippen molar-refractivity contribution < 1.29 is 14.2 Å². The van der Waals surface area contributed by atoms with Crippen molar-refractivity contribution in [3.8, 4) is 0 Å². The predicted molar refractivity (Wildman–Crippen MR) is 52.2 cm³/mol. The average molecular weight is 189 g/mol.